The maximum atomic E-state index is 12.5. The SMILES string of the molecule is CC[C@](O)(C(=O)OOC(=O)C[PH](=O)Oc1ccccc1)C(C)(C)COS(=O)(=O)CCCNC(C)=O. The van der Waals surface area contributed by atoms with E-state index in [1.165, 1.54) is 27.7 Å². The van der Waals surface area contributed by atoms with Gasteiger partial charge in [-0.3, -0.25) is 13.5 Å². The molecule has 0 aliphatic carbocycles. The van der Waals surface area contributed by atoms with E-state index >= 15 is 0 Å². The van der Waals surface area contributed by atoms with Crippen LogP contribution < -0.4 is 9.84 Å². The number of hydrogen-bond donors (Lipinski definition) is 2. The molecule has 0 spiro atoms. The van der Waals surface area contributed by atoms with E-state index in [1.54, 1.807) is 30.3 Å². The first-order valence-electron chi connectivity index (χ1n) is 10.7. The van der Waals surface area contributed by atoms with Crippen LogP contribution in [0.3, 0.4) is 0 Å². The molecule has 1 aromatic carbocycles. The van der Waals surface area contributed by atoms with Crippen LogP contribution in [0, 0.1) is 5.41 Å². The van der Waals surface area contributed by atoms with Gasteiger partial charge >= 0.3 is 11.9 Å². The molecule has 198 valence electrons. The highest BCUT2D eigenvalue weighted by Gasteiger charge is 2.51. The second-order valence-electron chi connectivity index (χ2n) is 8.25. The third-order valence-corrected chi connectivity index (χ3v) is 7.29. The maximum absolute atomic E-state index is 12.5. The lowest BCUT2D eigenvalue weighted by atomic mass is 9.74. The van der Waals surface area contributed by atoms with Crippen LogP contribution in [0.2, 0.25) is 0 Å². The molecule has 0 fully saturated rings. The Labute approximate surface area is 205 Å². The zero-order valence-corrected chi connectivity index (χ0v) is 21.9. The largest absolute Gasteiger partial charge is 0.444 e. The van der Waals surface area contributed by atoms with Gasteiger partial charge in [0.2, 0.25) is 13.9 Å². The van der Waals surface area contributed by atoms with Crippen LogP contribution in [0.5, 0.6) is 5.75 Å². The van der Waals surface area contributed by atoms with Gasteiger partial charge in [-0.05, 0) is 25.0 Å². The van der Waals surface area contributed by atoms with Crippen molar-refractivity contribution in [3.63, 3.8) is 0 Å². The van der Waals surface area contributed by atoms with Crippen LogP contribution in [0.4, 0.5) is 0 Å². The number of nitrogens with one attached hydrogen (secondary N) is 1. The summed E-state index contributed by atoms with van der Waals surface area (Å²) in [5, 5.41) is 13.4. The van der Waals surface area contributed by atoms with Crippen LogP contribution in [-0.2, 0) is 43.0 Å². The molecule has 0 aromatic heterocycles. The Morgan fingerprint density at radius 1 is 1.11 bits per heavy atom. The van der Waals surface area contributed by atoms with Crippen LogP contribution in [0.25, 0.3) is 0 Å². The summed E-state index contributed by atoms with van der Waals surface area (Å²) in [7, 11) is -6.90. The van der Waals surface area contributed by atoms with E-state index < -0.39 is 53.9 Å². The third-order valence-electron chi connectivity index (χ3n) is 4.99. The lowest BCUT2D eigenvalue weighted by Gasteiger charge is -2.38. The quantitative estimate of drug-likeness (QED) is 0.116. The smallest absolute Gasteiger partial charge is 0.387 e. The number of carbonyl (C=O) groups is 3. The minimum atomic E-state index is -4.02. The maximum Gasteiger partial charge on any atom is 0.387 e. The third kappa shape index (κ3) is 10.4. The molecular formula is C21H32NO11PS. The fraction of sp³-hybridized carbons (Fsp3) is 0.571. The number of amides is 1. The number of aliphatic hydroxyl groups is 1. The van der Waals surface area contributed by atoms with Crippen molar-refractivity contribution < 1.29 is 51.0 Å². The normalized spacial score (nSPS) is 14.3. The van der Waals surface area contributed by atoms with Crippen LogP contribution in [-0.4, -0.2) is 62.0 Å². The van der Waals surface area contributed by atoms with Gasteiger partial charge in [-0.15, -0.1) is 0 Å². The number of carbonyl (C=O) groups excluding carboxylic acids is 3. The van der Waals surface area contributed by atoms with Crippen molar-refractivity contribution in [2.75, 3.05) is 25.1 Å². The van der Waals surface area contributed by atoms with E-state index in [0.29, 0.717) is 0 Å². The van der Waals surface area contributed by atoms with E-state index in [0.717, 1.165) is 0 Å². The summed E-state index contributed by atoms with van der Waals surface area (Å²) in [6, 6.07) is 8.12. The second kappa shape index (κ2) is 13.6. The number of benzene rings is 1. The molecule has 0 radical (unpaired) electrons. The molecule has 35 heavy (non-hydrogen) atoms. The molecular weight excluding hydrogens is 505 g/mol. The highest BCUT2D eigenvalue weighted by atomic mass is 32.2. The van der Waals surface area contributed by atoms with Gasteiger partial charge in [0, 0.05) is 18.9 Å². The molecule has 0 aliphatic rings. The molecule has 1 unspecified atom stereocenters. The lowest BCUT2D eigenvalue weighted by Crippen LogP contribution is -2.54. The van der Waals surface area contributed by atoms with Crippen LogP contribution in [0.15, 0.2) is 30.3 Å². The summed E-state index contributed by atoms with van der Waals surface area (Å²) in [6.07, 6.45) is -0.799. The number of para-hydroxylation sites is 1. The molecule has 0 saturated heterocycles. The monoisotopic (exact) mass is 537 g/mol. The van der Waals surface area contributed by atoms with E-state index in [-0.39, 0.29) is 36.8 Å². The molecule has 0 aliphatic heterocycles. The Morgan fingerprint density at radius 2 is 1.74 bits per heavy atom. The van der Waals surface area contributed by atoms with Gasteiger partial charge in [0.15, 0.2) is 5.60 Å². The summed E-state index contributed by atoms with van der Waals surface area (Å²) in [6.45, 7) is 5.05. The molecule has 0 saturated carbocycles. The molecule has 0 bridgehead atoms. The van der Waals surface area contributed by atoms with Crippen LogP contribution >= 0.6 is 8.03 Å². The Balaban J connectivity index is 2.63. The van der Waals surface area contributed by atoms with Crippen molar-refractivity contribution in [1.29, 1.82) is 0 Å². The fourth-order valence-electron chi connectivity index (χ4n) is 2.78. The summed E-state index contributed by atoms with van der Waals surface area (Å²) >= 11 is 0. The Bertz CT molecular complexity index is 998. The highest BCUT2D eigenvalue weighted by Crippen LogP contribution is 2.36. The Hall–Kier alpha value is -2.47. The van der Waals surface area contributed by atoms with Crippen molar-refractivity contribution in [2.45, 2.75) is 46.1 Å². The molecule has 2 N–H and O–H groups in total. The summed E-state index contributed by atoms with van der Waals surface area (Å²) in [5.41, 5.74) is -3.77. The summed E-state index contributed by atoms with van der Waals surface area (Å²) < 4.78 is 46.3. The summed E-state index contributed by atoms with van der Waals surface area (Å²) in [5.74, 6) is -2.91. The van der Waals surface area contributed by atoms with Crippen LogP contribution in [0.1, 0.15) is 40.5 Å². The topological polar surface area (TPSA) is 172 Å². The number of rotatable bonds is 14. The Kier molecular flexibility index (Phi) is 11.9. The first-order valence-corrected chi connectivity index (χ1v) is 13.8. The average Bonchev–Trinajstić information content (AvgIpc) is 2.79. The van der Waals surface area contributed by atoms with Crippen molar-refractivity contribution in [3.8, 4) is 5.75 Å². The highest BCUT2D eigenvalue weighted by molar-refractivity contribution is 7.86. The molecule has 2 atom stereocenters. The lowest BCUT2D eigenvalue weighted by molar-refractivity contribution is -0.276. The van der Waals surface area contributed by atoms with Gasteiger partial charge < -0.3 is 14.9 Å². The van der Waals surface area contributed by atoms with Crippen molar-refractivity contribution in [2.24, 2.45) is 5.41 Å². The first-order chi connectivity index (χ1) is 16.2. The van der Waals surface area contributed by atoms with Gasteiger partial charge in [0.05, 0.1) is 12.4 Å². The predicted molar refractivity (Wildman–Crippen MR) is 125 cm³/mol. The van der Waals surface area contributed by atoms with Gasteiger partial charge in [0.25, 0.3) is 10.1 Å². The molecule has 1 aromatic rings. The summed E-state index contributed by atoms with van der Waals surface area (Å²) in [4.78, 5) is 44.1. The van der Waals surface area contributed by atoms with Gasteiger partial charge in [-0.2, -0.15) is 8.42 Å². The zero-order chi connectivity index (χ0) is 26.7. The Morgan fingerprint density at radius 3 is 2.31 bits per heavy atom. The number of hydrogen-bond acceptors (Lipinski definition) is 11. The van der Waals surface area contributed by atoms with Gasteiger partial charge in [-0.25, -0.2) is 19.4 Å². The van der Waals surface area contributed by atoms with Gasteiger partial charge in [-0.1, -0.05) is 39.0 Å². The predicted octanol–water partition coefficient (Wildman–Crippen LogP) is 1.58. The fourth-order valence-corrected chi connectivity index (χ4v) is 4.64. The standard InChI is InChI=1S/C21H32NO11PS/c1-5-21(26,20(3,4)15-30-35(28,29)13-9-12-22-16(2)23)19(25)32-31-18(24)14-34(27)33-17-10-7-6-8-11-17/h6-8,10-11,26,34H,5,9,12-15H2,1-4H3,(H,22,23)/t21-/m0/s1. The zero-order valence-electron chi connectivity index (χ0n) is 20.1. The first kappa shape index (κ1) is 30.6. The van der Waals surface area contributed by atoms with Crippen molar-refractivity contribution >= 4 is 36.0 Å². The molecule has 0 heterocycles. The van der Waals surface area contributed by atoms with E-state index in [1.807, 2.05) is 0 Å². The van der Waals surface area contributed by atoms with Crippen molar-refractivity contribution in [1.82, 2.24) is 5.32 Å². The molecule has 1 amide bonds. The van der Waals surface area contributed by atoms with E-state index in [9.17, 15) is 32.5 Å². The minimum Gasteiger partial charge on any atom is -0.444 e. The second-order valence-corrected chi connectivity index (χ2v) is 11.3. The molecule has 14 heteroatoms. The van der Waals surface area contributed by atoms with Crippen molar-refractivity contribution in [3.05, 3.63) is 30.3 Å². The molecule has 1 rings (SSSR count). The van der Waals surface area contributed by atoms with Gasteiger partial charge in [0.1, 0.15) is 11.9 Å². The van der Waals surface area contributed by atoms with E-state index in [2.05, 4.69) is 15.1 Å². The molecule has 12 nitrogen and oxygen atoms in total. The minimum absolute atomic E-state index is 0.107. The average molecular weight is 538 g/mol. The van der Waals surface area contributed by atoms with E-state index in [4.69, 9.17) is 8.71 Å².